The molecule has 134 valence electrons. The van der Waals surface area contributed by atoms with E-state index in [2.05, 4.69) is 41.8 Å². The third-order valence-corrected chi connectivity index (χ3v) is 4.93. The fourth-order valence-corrected chi connectivity index (χ4v) is 3.48. The van der Waals surface area contributed by atoms with Crippen molar-refractivity contribution < 1.29 is 4.79 Å². The van der Waals surface area contributed by atoms with E-state index in [9.17, 15) is 4.79 Å². The topological polar surface area (TPSA) is 41.1 Å². The summed E-state index contributed by atoms with van der Waals surface area (Å²) in [5, 5.41) is 6.64. The summed E-state index contributed by atoms with van der Waals surface area (Å²) in [6.07, 6.45) is 1.50. The molecule has 2 aromatic carbocycles. The maximum atomic E-state index is 12.7. The van der Waals surface area contributed by atoms with Crippen LogP contribution in [-0.2, 0) is 4.79 Å². The Balaban J connectivity index is 0.00000225. The minimum Gasteiger partial charge on any atom is -0.353 e. The van der Waals surface area contributed by atoms with E-state index in [-0.39, 0.29) is 30.3 Å². The van der Waals surface area contributed by atoms with Crippen molar-refractivity contribution in [2.75, 3.05) is 13.1 Å². The smallest absolute Gasteiger partial charge is 0.221 e. The first-order chi connectivity index (χ1) is 11.7. The maximum absolute atomic E-state index is 12.7. The number of nitrogens with one attached hydrogen (secondary N) is 2. The van der Waals surface area contributed by atoms with Crippen molar-refractivity contribution in [2.24, 2.45) is 5.92 Å². The molecule has 3 rings (SSSR count). The van der Waals surface area contributed by atoms with E-state index in [1.54, 1.807) is 0 Å². The highest BCUT2D eigenvalue weighted by molar-refractivity contribution is 5.85. The van der Waals surface area contributed by atoms with Crippen LogP contribution in [0, 0.1) is 5.92 Å². The third-order valence-electron chi connectivity index (χ3n) is 4.93. The molecule has 0 saturated carbocycles. The van der Waals surface area contributed by atoms with E-state index >= 15 is 0 Å². The summed E-state index contributed by atoms with van der Waals surface area (Å²) >= 11 is 0. The van der Waals surface area contributed by atoms with Crippen LogP contribution in [0.2, 0.25) is 0 Å². The van der Waals surface area contributed by atoms with Gasteiger partial charge in [-0.25, -0.2) is 0 Å². The van der Waals surface area contributed by atoms with Crippen molar-refractivity contribution in [2.45, 2.75) is 31.7 Å². The molecule has 1 fully saturated rings. The fraction of sp³-hybridized carbons (Fsp3) is 0.381. The SMILES string of the molecule is CC1CNCCC1NC(=O)CC(c1ccccc1)c1ccccc1.Cl. The number of carbonyl (C=O) groups is 1. The summed E-state index contributed by atoms with van der Waals surface area (Å²) in [7, 11) is 0. The first kappa shape index (κ1) is 19.5. The minimum absolute atomic E-state index is 0. The minimum atomic E-state index is 0. The Bertz CT molecular complexity index is 608. The number of piperidine rings is 1. The quantitative estimate of drug-likeness (QED) is 0.854. The van der Waals surface area contributed by atoms with E-state index in [0.29, 0.717) is 12.3 Å². The van der Waals surface area contributed by atoms with E-state index in [1.165, 1.54) is 11.1 Å². The predicted octanol–water partition coefficient (Wildman–Crippen LogP) is 3.74. The molecule has 4 heteroatoms. The molecule has 3 nitrogen and oxygen atoms in total. The van der Waals surface area contributed by atoms with Crippen molar-refractivity contribution in [1.82, 2.24) is 10.6 Å². The highest BCUT2D eigenvalue weighted by Crippen LogP contribution is 2.28. The molecule has 0 bridgehead atoms. The maximum Gasteiger partial charge on any atom is 0.221 e. The Morgan fingerprint density at radius 2 is 1.64 bits per heavy atom. The number of benzene rings is 2. The second kappa shape index (κ2) is 9.59. The van der Waals surface area contributed by atoms with E-state index in [1.807, 2.05) is 36.4 Å². The lowest BCUT2D eigenvalue weighted by Crippen LogP contribution is -2.48. The molecular formula is C21H27ClN2O. The second-order valence-corrected chi connectivity index (χ2v) is 6.72. The number of carbonyl (C=O) groups excluding carboxylic acids is 1. The predicted molar refractivity (Wildman–Crippen MR) is 105 cm³/mol. The van der Waals surface area contributed by atoms with Crippen molar-refractivity contribution in [3.05, 3.63) is 71.8 Å². The van der Waals surface area contributed by atoms with Gasteiger partial charge in [-0.15, -0.1) is 12.4 Å². The Labute approximate surface area is 156 Å². The van der Waals surface area contributed by atoms with Gasteiger partial charge in [-0.2, -0.15) is 0 Å². The van der Waals surface area contributed by atoms with Gasteiger partial charge in [0.1, 0.15) is 0 Å². The van der Waals surface area contributed by atoms with Crippen molar-refractivity contribution in [3.8, 4) is 0 Å². The average molecular weight is 359 g/mol. The molecule has 0 aromatic heterocycles. The number of hydrogen-bond acceptors (Lipinski definition) is 2. The molecule has 1 aliphatic rings. The zero-order chi connectivity index (χ0) is 16.8. The number of amides is 1. The second-order valence-electron chi connectivity index (χ2n) is 6.72. The molecule has 0 aliphatic carbocycles. The summed E-state index contributed by atoms with van der Waals surface area (Å²) in [5.74, 6) is 0.727. The van der Waals surface area contributed by atoms with Gasteiger partial charge >= 0.3 is 0 Å². The number of hydrogen-bond donors (Lipinski definition) is 2. The summed E-state index contributed by atoms with van der Waals surface area (Å²) in [5.41, 5.74) is 2.38. The van der Waals surface area contributed by atoms with Gasteiger partial charge in [0.15, 0.2) is 0 Å². The van der Waals surface area contributed by atoms with Gasteiger partial charge in [0.25, 0.3) is 0 Å². The summed E-state index contributed by atoms with van der Waals surface area (Å²) < 4.78 is 0. The largest absolute Gasteiger partial charge is 0.353 e. The summed E-state index contributed by atoms with van der Waals surface area (Å²) in [6, 6.07) is 20.9. The summed E-state index contributed by atoms with van der Waals surface area (Å²) in [6.45, 7) is 4.16. The van der Waals surface area contributed by atoms with Crippen LogP contribution < -0.4 is 10.6 Å². The molecule has 1 saturated heterocycles. The van der Waals surface area contributed by atoms with E-state index in [4.69, 9.17) is 0 Å². The van der Waals surface area contributed by atoms with E-state index < -0.39 is 0 Å². The standard InChI is InChI=1S/C21H26N2O.ClH/c1-16-15-22-13-12-20(16)23-21(24)14-19(17-8-4-2-5-9-17)18-10-6-3-7-11-18;/h2-11,16,19-20,22H,12-15H2,1H3,(H,23,24);1H. The fourth-order valence-electron chi connectivity index (χ4n) is 3.48. The van der Waals surface area contributed by atoms with Crippen LogP contribution in [0.5, 0.6) is 0 Å². The van der Waals surface area contributed by atoms with Crippen molar-refractivity contribution in [1.29, 1.82) is 0 Å². The Hall–Kier alpha value is -1.84. The third kappa shape index (κ3) is 5.32. The van der Waals surface area contributed by atoms with Gasteiger partial charge in [-0.3, -0.25) is 4.79 Å². The number of halogens is 1. The normalized spacial score (nSPS) is 19.9. The van der Waals surface area contributed by atoms with Crippen LogP contribution >= 0.6 is 12.4 Å². The van der Waals surface area contributed by atoms with Gasteiger partial charge in [0.2, 0.25) is 5.91 Å². The highest BCUT2D eigenvalue weighted by atomic mass is 35.5. The van der Waals surface area contributed by atoms with Crippen LogP contribution in [0.15, 0.2) is 60.7 Å². The molecule has 0 spiro atoms. The van der Waals surface area contributed by atoms with Gasteiger partial charge in [0.05, 0.1) is 0 Å². The summed E-state index contributed by atoms with van der Waals surface area (Å²) in [4.78, 5) is 12.7. The first-order valence-electron chi connectivity index (χ1n) is 8.84. The van der Waals surface area contributed by atoms with Gasteiger partial charge < -0.3 is 10.6 Å². The molecule has 1 aliphatic heterocycles. The van der Waals surface area contributed by atoms with Crippen molar-refractivity contribution >= 4 is 18.3 Å². The molecular weight excluding hydrogens is 332 g/mol. The van der Waals surface area contributed by atoms with Gasteiger partial charge in [-0.1, -0.05) is 67.6 Å². The molecule has 1 heterocycles. The Kier molecular flexibility index (Phi) is 7.48. The average Bonchev–Trinajstić information content (AvgIpc) is 2.63. The molecule has 2 unspecified atom stereocenters. The molecule has 2 aromatic rings. The molecule has 2 N–H and O–H groups in total. The number of rotatable bonds is 5. The Morgan fingerprint density at radius 3 is 2.16 bits per heavy atom. The zero-order valence-corrected chi connectivity index (χ0v) is 15.5. The molecule has 25 heavy (non-hydrogen) atoms. The van der Waals surface area contributed by atoms with Crippen LogP contribution in [0.3, 0.4) is 0 Å². The van der Waals surface area contributed by atoms with Crippen LogP contribution in [0.4, 0.5) is 0 Å². The van der Waals surface area contributed by atoms with Crippen LogP contribution in [-0.4, -0.2) is 25.0 Å². The Morgan fingerprint density at radius 1 is 1.08 bits per heavy atom. The molecule has 0 radical (unpaired) electrons. The molecule has 2 atom stereocenters. The highest BCUT2D eigenvalue weighted by Gasteiger charge is 2.24. The monoisotopic (exact) mass is 358 g/mol. The van der Waals surface area contributed by atoms with Gasteiger partial charge in [-0.05, 0) is 36.6 Å². The van der Waals surface area contributed by atoms with Crippen LogP contribution in [0.25, 0.3) is 0 Å². The lowest BCUT2D eigenvalue weighted by molar-refractivity contribution is -0.122. The van der Waals surface area contributed by atoms with Gasteiger partial charge in [0, 0.05) is 18.4 Å². The van der Waals surface area contributed by atoms with E-state index in [0.717, 1.165) is 19.5 Å². The lowest BCUT2D eigenvalue weighted by atomic mass is 9.88. The molecule has 1 amide bonds. The first-order valence-corrected chi connectivity index (χ1v) is 8.84. The van der Waals surface area contributed by atoms with Crippen molar-refractivity contribution in [3.63, 3.8) is 0 Å². The van der Waals surface area contributed by atoms with Crippen LogP contribution in [0.1, 0.15) is 36.8 Å². The zero-order valence-electron chi connectivity index (χ0n) is 14.7. The lowest BCUT2D eigenvalue weighted by Gasteiger charge is -2.30.